The van der Waals surface area contributed by atoms with Crippen LogP contribution in [0.25, 0.3) is 20.9 Å². The van der Waals surface area contributed by atoms with Crippen LogP contribution in [0.15, 0.2) is 60.9 Å². The number of aromatic nitrogens is 3. The summed E-state index contributed by atoms with van der Waals surface area (Å²) in [5, 5.41) is 0. The molecule has 3 aromatic heterocycles. The van der Waals surface area contributed by atoms with Crippen LogP contribution in [-0.4, -0.2) is 57.4 Å². The number of fused-ring (bicyclic) bond motifs is 1. The molecule has 1 amide bonds. The summed E-state index contributed by atoms with van der Waals surface area (Å²) in [5.74, 6) is -1.72. The molecule has 0 radical (unpaired) electrons. The zero-order valence-electron chi connectivity index (χ0n) is 27.0. The number of pyridine rings is 1. The highest BCUT2D eigenvalue weighted by molar-refractivity contribution is 7.22. The van der Waals surface area contributed by atoms with Crippen molar-refractivity contribution < 1.29 is 32.2 Å². The molecule has 1 atom stereocenters. The number of nitrogens with two attached hydrogens (primary N) is 1. The minimum absolute atomic E-state index is 0.0196. The van der Waals surface area contributed by atoms with Crippen LogP contribution in [0.5, 0.6) is 11.5 Å². The first-order valence-electron chi connectivity index (χ1n) is 15.3. The summed E-state index contributed by atoms with van der Waals surface area (Å²) in [5.41, 5.74) is 8.08. The van der Waals surface area contributed by atoms with Gasteiger partial charge in [0.1, 0.15) is 29.0 Å². The van der Waals surface area contributed by atoms with Gasteiger partial charge in [0.15, 0.2) is 11.6 Å². The molecule has 0 fully saturated rings. The third-order valence-electron chi connectivity index (χ3n) is 7.93. The van der Waals surface area contributed by atoms with E-state index in [4.69, 9.17) is 15.2 Å². The van der Waals surface area contributed by atoms with Crippen LogP contribution in [0, 0.1) is 23.4 Å². The van der Waals surface area contributed by atoms with Gasteiger partial charge in [-0.2, -0.15) is 0 Å². The topological polar surface area (TPSA) is 113 Å². The second-order valence-corrected chi connectivity index (χ2v) is 12.8. The third kappa shape index (κ3) is 7.92. The van der Waals surface area contributed by atoms with Gasteiger partial charge in [-0.25, -0.2) is 18.2 Å². The van der Waals surface area contributed by atoms with Crippen LogP contribution in [0.4, 0.5) is 13.2 Å². The smallest absolute Gasteiger partial charge is 0.240 e. The lowest BCUT2D eigenvalue weighted by Crippen LogP contribution is -2.47. The molecule has 2 aromatic carbocycles. The highest BCUT2D eigenvalue weighted by Crippen LogP contribution is 2.39. The monoisotopic (exact) mass is 679 g/mol. The van der Waals surface area contributed by atoms with Gasteiger partial charge in [0.2, 0.25) is 5.91 Å². The summed E-state index contributed by atoms with van der Waals surface area (Å²) >= 11 is 1.38. The molecule has 0 unspecified atom stereocenters. The molecule has 0 bridgehead atoms. The quantitative estimate of drug-likeness (QED) is 0.148. The van der Waals surface area contributed by atoms with Crippen LogP contribution in [0.3, 0.4) is 0 Å². The Bertz CT molecular complexity index is 1940. The molecule has 5 aromatic rings. The number of hydrogen-bond acceptors (Lipinski definition) is 8. The Kier molecular flexibility index (Phi) is 10.9. The average molecular weight is 680 g/mol. The average Bonchev–Trinajstić information content (AvgIpc) is 3.64. The number of Topliss-reactive ketones (excluding diaryl/α,β-unsaturated/α-hetero) is 1. The van der Waals surface area contributed by atoms with E-state index in [1.807, 2.05) is 31.5 Å². The highest BCUT2D eigenvalue weighted by atomic mass is 32.1. The van der Waals surface area contributed by atoms with Crippen molar-refractivity contribution >= 4 is 33.2 Å². The lowest BCUT2D eigenvalue weighted by Gasteiger charge is -2.27. The number of imidazole rings is 1. The third-order valence-corrected chi connectivity index (χ3v) is 9.07. The van der Waals surface area contributed by atoms with Gasteiger partial charge in [-0.3, -0.25) is 14.6 Å². The summed E-state index contributed by atoms with van der Waals surface area (Å²) in [7, 11) is 3.45. The maximum Gasteiger partial charge on any atom is 0.240 e. The fourth-order valence-corrected chi connectivity index (χ4v) is 6.21. The summed E-state index contributed by atoms with van der Waals surface area (Å²) in [4.78, 5) is 37.2. The van der Waals surface area contributed by atoms with Crippen molar-refractivity contribution in [1.29, 1.82) is 0 Å². The van der Waals surface area contributed by atoms with Gasteiger partial charge in [-0.15, -0.1) is 11.3 Å². The summed E-state index contributed by atoms with van der Waals surface area (Å²) in [6, 6.07) is 10.1. The predicted octanol–water partition coefficient (Wildman–Crippen LogP) is 6.22. The van der Waals surface area contributed by atoms with Crippen molar-refractivity contribution in [3.8, 4) is 22.2 Å². The first kappa shape index (κ1) is 34.7. The SMILES string of the molecule is COCCN(Cc1cnc(-c2cc3nccc(Oc4ccc(CC(=O)Cc5ccc(F)cc5F)cc4F)c3s2)n1C)C(=O)[C@@H](N)C(C)C. The van der Waals surface area contributed by atoms with Gasteiger partial charge < -0.3 is 24.7 Å². The van der Waals surface area contributed by atoms with E-state index >= 15 is 4.39 Å². The number of rotatable bonds is 14. The van der Waals surface area contributed by atoms with E-state index in [2.05, 4.69) is 9.97 Å². The van der Waals surface area contributed by atoms with E-state index in [9.17, 15) is 18.4 Å². The molecule has 13 heteroatoms. The molecule has 0 saturated heterocycles. The number of benzene rings is 2. The van der Waals surface area contributed by atoms with E-state index in [0.29, 0.717) is 47.1 Å². The zero-order chi connectivity index (χ0) is 34.5. The van der Waals surface area contributed by atoms with Gasteiger partial charge in [-0.1, -0.05) is 26.0 Å². The molecule has 9 nitrogen and oxygen atoms in total. The van der Waals surface area contributed by atoms with Gasteiger partial charge in [-0.05, 0) is 41.3 Å². The normalized spacial score (nSPS) is 12.1. The number of methoxy groups -OCH3 is 1. The standard InChI is InChI=1S/C35H36F3N5O4S/c1-20(2)32(39)35(45)43(11-12-46-4)19-24-18-41-34(42(24)3)31-17-28-33(48-31)30(9-10-40-28)47-29-8-5-21(14-27(29)38)13-25(44)15-22-6-7-23(36)16-26(22)37/h5-10,14,16-18,20,32H,11-13,15,19,39H2,1-4H3/t32-/m0/s1. The second kappa shape index (κ2) is 15.1. The Morgan fingerprint density at radius 2 is 1.79 bits per heavy atom. The van der Waals surface area contributed by atoms with Crippen LogP contribution in [-0.2, 0) is 40.8 Å². The van der Waals surface area contributed by atoms with Gasteiger partial charge in [0, 0.05) is 51.9 Å². The summed E-state index contributed by atoms with van der Waals surface area (Å²) < 4.78 is 56.1. The Morgan fingerprint density at radius 3 is 2.50 bits per heavy atom. The Morgan fingerprint density at radius 1 is 1.00 bits per heavy atom. The minimum Gasteiger partial charge on any atom is -0.453 e. The number of ether oxygens (including phenoxy) is 2. The molecule has 0 aliphatic rings. The number of thiophene rings is 1. The van der Waals surface area contributed by atoms with E-state index in [-0.39, 0.29) is 41.8 Å². The molecular formula is C35H36F3N5O4S. The van der Waals surface area contributed by atoms with Crippen molar-refractivity contribution in [2.45, 2.75) is 39.3 Å². The molecule has 0 aliphatic carbocycles. The Labute approximate surface area is 280 Å². The van der Waals surface area contributed by atoms with Crippen molar-refractivity contribution in [2.24, 2.45) is 18.7 Å². The number of nitrogens with zero attached hydrogens (tertiary/aromatic N) is 4. The fraction of sp³-hybridized carbons (Fsp3) is 0.314. The Hall–Kier alpha value is -4.59. The molecule has 0 saturated carbocycles. The van der Waals surface area contributed by atoms with Crippen molar-refractivity contribution in [1.82, 2.24) is 19.4 Å². The number of halogens is 3. The first-order valence-corrected chi connectivity index (χ1v) is 16.1. The summed E-state index contributed by atoms with van der Waals surface area (Å²) in [6.07, 6.45) is 2.91. The van der Waals surface area contributed by atoms with Crippen LogP contribution >= 0.6 is 11.3 Å². The number of hydrogen-bond donors (Lipinski definition) is 1. The van der Waals surface area contributed by atoms with Gasteiger partial charge in [0.05, 0.1) is 46.2 Å². The number of carbonyl (C=O) groups excluding carboxylic acids is 2. The molecule has 3 heterocycles. The maximum atomic E-state index is 15.2. The molecule has 5 rings (SSSR count). The minimum atomic E-state index is -0.801. The number of ketones is 1. The van der Waals surface area contributed by atoms with Gasteiger partial charge in [0.25, 0.3) is 0 Å². The highest BCUT2D eigenvalue weighted by Gasteiger charge is 2.25. The first-order chi connectivity index (χ1) is 22.9. The molecule has 48 heavy (non-hydrogen) atoms. The summed E-state index contributed by atoms with van der Waals surface area (Å²) in [6.45, 7) is 4.86. The van der Waals surface area contributed by atoms with Crippen molar-refractivity contribution in [2.75, 3.05) is 20.3 Å². The van der Waals surface area contributed by atoms with E-state index in [0.717, 1.165) is 22.7 Å². The van der Waals surface area contributed by atoms with Crippen LogP contribution in [0.2, 0.25) is 0 Å². The van der Waals surface area contributed by atoms with E-state index in [1.54, 1.807) is 36.5 Å². The number of amides is 1. The predicted molar refractivity (Wildman–Crippen MR) is 177 cm³/mol. The lowest BCUT2D eigenvalue weighted by molar-refractivity contribution is -0.135. The van der Waals surface area contributed by atoms with Crippen molar-refractivity contribution in [3.05, 3.63) is 95.2 Å². The van der Waals surface area contributed by atoms with Crippen LogP contribution in [0.1, 0.15) is 30.7 Å². The second-order valence-electron chi connectivity index (χ2n) is 11.8. The Balaban J connectivity index is 1.32. The van der Waals surface area contributed by atoms with E-state index < -0.39 is 23.5 Å². The fourth-order valence-electron chi connectivity index (χ4n) is 5.11. The van der Waals surface area contributed by atoms with Crippen LogP contribution < -0.4 is 10.5 Å². The molecule has 0 spiro atoms. The number of carbonyl (C=O) groups is 2. The molecule has 2 N–H and O–H groups in total. The zero-order valence-corrected chi connectivity index (χ0v) is 27.8. The van der Waals surface area contributed by atoms with Crippen molar-refractivity contribution in [3.63, 3.8) is 0 Å². The molecular weight excluding hydrogens is 643 g/mol. The lowest BCUT2D eigenvalue weighted by atomic mass is 10.0. The van der Waals surface area contributed by atoms with E-state index in [1.165, 1.54) is 29.5 Å². The van der Waals surface area contributed by atoms with Gasteiger partial charge >= 0.3 is 0 Å². The largest absolute Gasteiger partial charge is 0.453 e. The molecule has 252 valence electrons. The molecule has 0 aliphatic heterocycles. The maximum absolute atomic E-state index is 15.2.